The maximum atomic E-state index is 13.6. The molecule has 15 heteroatoms. The smallest absolute Gasteiger partial charge is 0.352 e. The molecule has 0 saturated carbocycles. The predicted molar refractivity (Wildman–Crippen MR) is 196 cm³/mol. The normalized spacial score (nSPS) is 19.0. The topological polar surface area (TPSA) is 160 Å². The molecule has 4 aromatic rings. The standard InChI is InChI=1S/C38H32FN5O7S2/c39-29-17-27(6-8-30(29)45)40-31(46)19-42-12-9-22(10-13-42)18-43-14-11-25(35(43)48)15-26-20-53-37-33(36(49)44(37)34(26)38(50)51)41-32(47)21-52-28-7-5-23-3-1-2-4-24(23)16-28/h1-10,12-13,15-17,33,37H,11,14,18-21H2,(H3-,40,41,45,46,47,50,51)/p+1/t33-,37-/m1/s1. The first kappa shape index (κ1) is 35.7. The van der Waals surface area contributed by atoms with Gasteiger partial charge in [0, 0.05) is 53.2 Å². The van der Waals surface area contributed by atoms with Crippen LogP contribution in [0.1, 0.15) is 12.0 Å². The van der Waals surface area contributed by atoms with Gasteiger partial charge >= 0.3 is 5.97 Å². The second-order valence-electron chi connectivity index (χ2n) is 12.7. The summed E-state index contributed by atoms with van der Waals surface area (Å²) in [6.45, 7) is 0.670. The Labute approximate surface area is 311 Å². The molecule has 0 radical (unpaired) electrons. The maximum Gasteiger partial charge on any atom is 0.352 e. The number of aliphatic carboxylic acids is 1. The number of fused-ring (bicyclic) bond motifs is 2. The van der Waals surface area contributed by atoms with Gasteiger partial charge in [0.2, 0.25) is 18.4 Å². The van der Waals surface area contributed by atoms with Gasteiger partial charge in [-0.05, 0) is 58.7 Å². The lowest BCUT2D eigenvalue weighted by molar-refractivity contribution is -0.684. The van der Waals surface area contributed by atoms with Gasteiger partial charge in [0.1, 0.15) is 17.1 Å². The number of carboxylic acids is 1. The lowest BCUT2D eigenvalue weighted by atomic mass is 10.0. The molecule has 0 spiro atoms. The van der Waals surface area contributed by atoms with Crippen molar-refractivity contribution in [3.63, 3.8) is 0 Å². The maximum absolute atomic E-state index is 13.6. The lowest BCUT2D eigenvalue weighted by Crippen LogP contribution is -2.70. The number of allylic oxidation sites excluding steroid dienone is 1. The highest BCUT2D eigenvalue weighted by Crippen LogP contribution is 2.41. The van der Waals surface area contributed by atoms with E-state index in [-0.39, 0.29) is 41.2 Å². The molecule has 3 aliphatic rings. The Balaban J connectivity index is 0.937. The lowest BCUT2D eigenvalue weighted by Gasteiger charge is -2.49. The molecule has 7 rings (SSSR count). The number of pyridine rings is 1. The molecule has 12 nitrogen and oxygen atoms in total. The number of thioether (sulfide) groups is 2. The molecule has 2 fully saturated rings. The summed E-state index contributed by atoms with van der Waals surface area (Å²) in [7, 11) is 0. The number of phenolic OH excluding ortho intramolecular Hbond substituents is 1. The number of rotatable bonds is 11. The number of aromatic nitrogens is 1. The van der Waals surface area contributed by atoms with Gasteiger partial charge in [-0.15, -0.1) is 23.5 Å². The largest absolute Gasteiger partial charge is 0.505 e. The summed E-state index contributed by atoms with van der Waals surface area (Å²) in [4.78, 5) is 68.0. The van der Waals surface area contributed by atoms with Crippen molar-refractivity contribution in [1.29, 1.82) is 0 Å². The summed E-state index contributed by atoms with van der Waals surface area (Å²) < 4.78 is 15.2. The van der Waals surface area contributed by atoms with E-state index in [1.165, 1.54) is 34.5 Å². The summed E-state index contributed by atoms with van der Waals surface area (Å²) >= 11 is 2.70. The number of nitrogens with zero attached hydrogens (tertiary/aromatic N) is 3. The second kappa shape index (κ2) is 15.1. The number of nitrogens with one attached hydrogen (secondary N) is 2. The number of aromatic hydroxyl groups is 1. The zero-order valence-corrected chi connectivity index (χ0v) is 29.7. The average Bonchev–Trinajstić information content (AvgIpc) is 3.48. The molecule has 2 atom stereocenters. The molecule has 4 amide bonds. The van der Waals surface area contributed by atoms with Gasteiger partial charge < -0.3 is 25.7 Å². The second-order valence-corrected chi connectivity index (χ2v) is 14.8. The van der Waals surface area contributed by atoms with Crippen LogP contribution in [0.5, 0.6) is 5.75 Å². The minimum absolute atomic E-state index is 0.0457. The van der Waals surface area contributed by atoms with Crippen LogP contribution in [-0.2, 0) is 37.1 Å². The highest BCUT2D eigenvalue weighted by atomic mass is 32.2. The van der Waals surface area contributed by atoms with Crippen LogP contribution in [0.4, 0.5) is 10.1 Å². The van der Waals surface area contributed by atoms with Gasteiger partial charge in [0.15, 0.2) is 24.0 Å². The van der Waals surface area contributed by atoms with Gasteiger partial charge in [-0.2, -0.15) is 4.57 Å². The van der Waals surface area contributed by atoms with Crippen LogP contribution in [0.25, 0.3) is 10.8 Å². The van der Waals surface area contributed by atoms with Gasteiger partial charge in [-0.3, -0.25) is 24.1 Å². The van der Waals surface area contributed by atoms with Gasteiger partial charge in [-0.25, -0.2) is 9.18 Å². The van der Waals surface area contributed by atoms with E-state index < -0.39 is 40.8 Å². The Hall–Kier alpha value is -5.67. The first-order valence-corrected chi connectivity index (χ1v) is 18.7. The van der Waals surface area contributed by atoms with Gasteiger partial charge in [-0.1, -0.05) is 30.3 Å². The summed E-state index contributed by atoms with van der Waals surface area (Å²) in [5, 5.41) is 26.4. The van der Waals surface area contributed by atoms with E-state index in [0.29, 0.717) is 30.7 Å². The van der Waals surface area contributed by atoms with Gasteiger partial charge in [0.05, 0.1) is 5.75 Å². The number of carboxylic acid groups (broad SMARTS) is 1. The zero-order chi connectivity index (χ0) is 37.2. The third-order valence-electron chi connectivity index (χ3n) is 9.06. The van der Waals surface area contributed by atoms with E-state index in [0.717, 1.165) is 33.4 Å². The molecule has 53 heavy (non-hydrogen) atoms. The third kappa shape index (κ3) is 7.76. The van der Waals surface area contributed by atoms with Crippen LogP contribution in [0.3, 0.4) is 0 Å². The van der Waals surface area contributed by atoms with Crippen LogP contribution < -0.4 is 15.2 Å². The minimum Gasteiger partial charge on any atom is -0.505 e. The first-order chi connectivity index (χ1) is 25.5. The molecule has 270 valence electrons. The van der Waals surface area contributed by atoms with E-state index in [1.807, 2.05) is 42.5 Å². The molecule has 1 aromatic heterocycles. The number of benzene rings is 3. The number of β-lactam (4-membered cyclic amide) rings is 1. The highest BCUT2D eigenvalue weighted by Gasteiger charge is 2.54. The third-order valence-corrected chi connectivity index (χ3v) is 11.4. The molecule has 0 bridgehead atoms. The van der Waals surface area contributed by atoms with Crippen LogP contribution in [0, 0.1) is 5.82 Å². The van der Waals surface area contributed by atoms with Crippen molar-refractivity contribution in [3.8, 4) is 5.75 Å². The minimum atomic E-state index is -1.28. The Kier molecular flexibility index (Phi) is 10.2. The van der Waals surface area contributed by atoms with Crippen molar-refractivity contribution >= 4 is 69.6 Å². The Morgan fingerprint density at radius 3 is 2.53 bits per heavy atom. The van der Waals surface area contributed by atoms with E-state index >= 15 is 0 Å². The summed E-state index contributed by atoms with van der Waals surface area (Å²) in [6, 6.07) is 20.1. The number of likely N-dealkylation sites (tertiary alicyclic amines) is 1. The molecule has 0 unspecified atom stereocenters. The van der Waals surface area contributed by atoms with E-state index in [4.69, 9.17) is 0 Å². The van der Waals surface area contributed by atoms with Crippen LogP contribution in [0.2, 0.25) is 0 Å². The van der Waals surface area contributed by atoms with E-state index in [1.54, 1.807) is 40.1 Å². The van der Waals surface area contributed by atoms with Crippen molar-refractivity contribution in [1.82, 2.24) is 15.1 Å². The summed E-state index contributed by atoms with van der Waals surface area (Å²) in [6.07, 6.45) is 5.35. The number of carbonyl (C=O) groups excluding carboxylic acids is 4. The van der Waals surface area contributed by atoms with Crippen LogP contribution in [0.15, 0.2) is 113 Å². The van der Waals surface area contributed by atoms with Crippen molar-refractivity contribution in [3.05, 3.63) is 119 Å². The molecule has 0 aliphatic carbocycles. The molecule has 3 aliphatic heterocycles. The van der Waals surface area contributed by atoms with E-state index in [9.17, 15) is 38.6 Å². The number of halogens is 1. The monoisotopic (exact) mass is 754 g/mol. The molecular formula is C38H33FN5O7S2+. The Bertz CT molecular complexity index is 2230. The molecule has 4 heterocycles. The van der Waals surface area contributed by atoms with Crippen molar-refractivity contribution in [2.45, 2.75) is 35.8 Å². The summed E-state index contributed by atoms with van der Waals surface area (Å²) in [5.41, 5.74) is 1.65. The SMILES string of the molecule is O=C(C[n+]1ccc(CN2CCC(=CC3=C(C(=O)O)N4C(=O)[C@@H](NC(=O)CSc5ccc6ccccc6c5)[C@H]4SC3)C2=O)cc1)Nc1ccc(O)c(F)c1. The quantitative estimate of drug-likeness (QED) is 0.0588. The fraction of sp³-hybridized carbons (Fsp3) is 0.211. The fourth-order valence-corrected chi connectivity index (χ4v) is 8.47. The predicted octanol–water partition coefficient (Wildman–Crippen LogP) is 3.80. The number of phenols is 1. The number of hydrogen-bond donors (Lipinski definition) is 4. The molecule has 3 aromatic carbocycles. The Morgan fingerprint density at radius 2 is 1.77 bits per heavy atom. The average molecular weight is 755 g/mol. The van der Waals surface area contributed by atoms with Crippen molar-refractivity contribution in [2.75, 3.05) is 23.4 Å². The molecule has 4 N–H and O–H groups in total. The van der Waals surface area contributed by atoms with Gasteiger partial charge in [0.25, 0.3) is 11.8 Å². The number of anilines is 1. The van der Waals surface area contributed by atoms with Crippen molar-refractivity contribution < 1.29 is 43.1 Å². The number of carbonyl (C=O) groups is 5. The highest BCUT2D eigenvalue weighted by molar-refractivity contribution is 8.00. The summed E-state index contributed by atoms with van der Waals surface area (Å²) in [5.74, 6) is -3.75. The number of hydrogen-bond acceptors (Lipinski definition) is 8. The molecular weight excluding hydrogens is 722 g/mol. The Morgan fingerprint density at radius 1 is 1.00 bits per heavy atom. The first-order valence-electron chi connectivity index (χ1n) is 16.6. The van der Waals surface area contributed by atoms with Crippen LogP contribution in [-0.4, -0.2) is 79.1 Å². The van der Waals surface area contributed by atoms with E-state index in [2.05, 4.69) is 10.6 Å². The van der Waals surface area contributed by atoms with Crippen LogP contribution >= 0.6 is 23.5 Å². The zero-order valence-electron chi connectivity index (χ0n) is 28.0. The van der Waals surface area contributed by atoms with Crippen molar-refractivity contribution in [2.24, 2.45) is 0 Å². The number of amides is 4. The molecule has 2 saturated heterocycles. The fourth-order valence-electron chi connectivity index (χ4n) is 6.41.